The van der Waals surface area contributed by atoms with Gasteiger partial charge in [-0.1, -0.05) is 12.1 Å². The molecular formula is C15H23NO3. The van der Waals surface area contributed by atoms with E-state index >= 15 is 0 Å². The molecule has 1 aliphatic heterocycles. The molecule has 106 valence electrons. The number of methoxy groups -OCH3 is 1. The van der Waals surface area contributed by atoms with Gasteiger partial charge in [-0.25, -0.2) is 0 Å². The minimum absolute atomic E-state index is 0.339. The average molecular weight is 265 g/mol. The van der Waals surface area contributed by atoms with Crippen LogP contribution in [0, 0.1) is 0 Å². The summed E-state index contributed by atoms with van der Waals surface area (Å²) < 4.78 is 16.5. The lowest BCUT2D eigenvalue weighted by atomic mass is 10.1. The van der Waals surface area contributed by atoms with Crippen molar-refractivity contribution < 1.29 is 14.2 Å². The van der Waals surface area contributed by atoms with E-state index in [9.17, 15) is 0 Å². The highest BCUT2D eigenvalue weighted by molar-refractivity contribution is 5.28. The Morgan fingerprint density at radius 1 is 1.21 bits per heavy atom. The predicted molar refractivity (Wildman–Crippen MR) is 74.5 cm³/mol. The van der Waals surface area contributed by atoms with Crippen molar-refractivity contribution in [3.8, 4) is 5.75 Å². The molecule has 1 aromatic rings. The van der Waals surface area contributed by atoms with Gasteiger partial charge < -0.3 is 19.5 Å². The second-order valence-corrected chi connectivity index (χ2v) is 4.76. The number of benzene rings is 1. The number of ether oxygens (including phenoxy) is 3. The lowest BCUT2D eigenvalue weighted by molar-refractivity contribution is 0.0615. The zero-order chi connectivity index (χ0) is 13.3. The standard InChI is InChI=1S/C15H23NO3/c1-17-9-10-18-12-13-3-2-4-15(11-13)19-14-5-7-16-8-6-14/h2-4,11,14,16H,5-10,12H2,1H3. The first kappa shape index (κ1) is 14.3. The summed E-state index contributed by atoms with van der Waals surface area (Å²) in [6.45, 7) is 3.95. The Morgan fingerprint density at radius 3 is 2.84 bits per heavy atom. The van der Waals surface area contributed by atoms with Crippen LogP contribution in [0.5, 0.6) is 5.75 Å². The molecule has 1 fully saturated rings. The van der Waals surface area contributed by atoms with Crippen LogP contribution in [0.4, 0.5) is 0 Å². The molecule has 0 bridgehead atoms. The summed E-state index contributed by atoms with van der Waals surface area (Å²) in [7, 11) is 1.68. The van der Waals surface area contributed by atoms with Gasteiger partial charge in [-0.15, -0.1) is 0 Å². The van der Waals surface area contributed by atoms with Crippen molar-refractivity contribution in [3.05, 3.63) is 29.8 Å². The quantitative estimate of drug-likeness (QED) is 0.765. The van der Waals surface area contributed by atoms with Crippen LogP contribution in [-0.4, -0.2) is 39.5 Å². The zero-order valence-corrected chi connectivity index (χ0v) is 11.6. The van der Waals surface area contributed by atoms with Crippen LogP contribution < -0.4 is 10.1 Å². The topological polar surface area (TPSA) is 39.7 Å². The Bertz CT molecular complexity index is 364. The van der Waals surface area contributed by atoms with Crippen LogP contribution in [0.3, 0.4) is 0 Å². The number of hydrogen-bond donors (Lipinski definition) is 1. The highest BCUT2D eigenvalue weighted by atomic mass is 16.5. The molecule has 0 radical (unpaired) electrons. The third-order valence-corrected chi connectivity index (χ3v) is 3.19. The maximum atomic E-state index is 6.00. The second-order valence-electron chi connectivity index (χ2n) is 4.76. The fraction of sp³-hybridized carbons (Fsp3) is 0.600. The van der Waals surface area contributed by atoms with Crippen LogP contribution in [0.25, 0.3) is 0 Å². The first-order chi connectivity index (χ1) is 9.38. The minimum Gasteiger partial charge on any atom is -0.490 e. The van der Waals surface area contributed by atoms with E-state index in [2.05, 4.69) is 17.4 Å². The zero-order valence-electron chi connectivity index (χ0n) is 11.6. The summed E-state index contributed by atoms with van der Waals surface area (Å²) in [4.78, 5) is 0. The van der Waals surface area contributed by atoms with Gasteiger partial charge in [0.15, 0.2) is 0 Å². The van der Waals surface area contributed by atoms with E-state index in [1.165, 1.54) is 0 Å². The van der Waals surface area contributed by atoms with Gasteiger partial charge in [0, 0.05) is 7.11 Å². The largest absolute Gasteiger partial charge is 0.490 e. The maximum Gasteiger partial charge on any atom is 0.120 e. The SMILES string of the molecule is COCCOCc1cccc(OC2CCNCC2)c1. The van der Waals surface area contributed by atoms with Gasteiger partial charge in [-0.3, -0.25) is 0 Å². The van der Waals surface area contributed by atoms with Crippen LogP contribution in [0.15, 0.2) is 24.3 Å². The molecule has 0 amide bonds. The van der Waals surface area contributed by atoms with E-state index in [-0.39, 0.29) is 0 Å². The Morgan fingerprint density at radius 2 is 2.05 bits per heavy atom. The fourth-order valence-corrected chi connectivity index (χ4v) is 2.15. The van der Waals surface area contributed by atoms with Gasteiger partial charge in [0.05, 0.1) is 19.8 Å². The van der Waals surface area contributed by atoms with Crippen molar-refractivity contribution in [1.29, 1.82) is 0 Å². The van der Waals surface area contributed by atoms with Crippen LogP contribution >= 0.6 is 0 Å². The summed E-state index contributed by atoms with van der Waals surface area (Å²) in [5.41, 5.74) is 1.14. The molecule has 19 heavy (non-hydrogen) atoms. The maximum absolute atomic E-state index is 6.00. The van der Waals surface area contributed by atoms with E-state index < -0.39 is 0 Å². The molecule has 1 saturated heterocycles. The highest BCUT2D eigenvalue weighted by Gasteiger charge is 2.14. The molecule has 4 nitrogen and oxygen atoms in total. The van der Waals surface area contributed by atoms with Crippen molar-refractivity contribution in [2.75, 3.05) is 33.4 Å². The van der Waals surface area contributed by atoms with Crippen molar-refractivity contribution >= 4 is 0 Å². The smallest absolute Gasteiger partial charge is 0.120 e. The molecule has 4 heteroatoms. The lowest BCUT2D eigenvalue weighted by Crippen LogP contribution is -2.34. The van der Waals surface area contributed by atoms with Gasteiger partial charge in [-0.2, -0.15) is 0 Å². The molecule has 1 aliphatic rings. The number of hydrogen-bond acceptors (Lipinski definition) is 4. The molecule has 0 unspecified atom stereocenters. The third kappa shape index (κ3) is 5.19. The average Bonchev–Trinajstić information content (AvgIpc) is 2.45. The molecule has 1 aromatic carbocycles. The fourth-order valence-electron chi connectivity index (χ4n) is 2.15. The predicted octanol–water partition coefficient (Wildman–Crippen LogP) is 1.98. The Labute approximate surface area is 115 Å². The van der Waals surface area contributed by atoms with E-state index in [1.807, 2.05) is 12.1 Å². The van der Waals surface area contributed by atoms with Gasteiger partial charge in [0.25, 0.3) is 0 Å². The van der Waals surface area contributed by atoms with Crippen molar-refractivity contribution in [2.24, 2.45) is 0 Å². The molecule has 2 rings (SSSR count). The third-order valence-electron chi connectivity index (χ3n) is 3.19. The molecular weight excluding hydrogens is 242 g/mol. The lowest BCUT2D eigenvalue weighted by Gasteiger charge is -2.24. The van der Waals surface area contributed by atoms with E-state index in [0.29, 0.717) is 25.9 Å². The van der Waals surface area contributed by atoms with Crippen LogP contribution in [0.1, 0.15) is 18.4 Å². The molecule has 1 heterocycles. The minimum atomic E-state index is 0.339. The van der Waals surface area contributed by atoms with E-state index in [4.69, 9.17) is 14.2 Å². The Kier molecular flexibility index (Phi) is 6.14. The number of piperidine rings is 1. The number of rotatable bonds is 7. The molecule has 0 saturated carbocycles. The van der Waals surface area contributed by atoms with Crippen molar-refractivity contribution in [1.82, 2.24) is 5.32 Å². The monoisotopic (exact) mass is 265 g/mol. The van der Waals surface area contributed by atoms with Crippen molar-refractivity contribution in [3.63, 3.8) is 0 Å². The summed E-state index contributed by atoms with van der Waals surface area (Å²) in [6, 6.07) is 8.16. The summed E-state index contributed by atoms with van der Waals surface area (Å²) in [5.74, 6) is 0.944. The van der Waals surface area contributed by atoms with Crippen LogP contribution in [-0.2, 0) is 16.1 Å². The Balaban J connectivity index is 1.80. The highest BCUT2D eigenvalue weighted by Crippen LogP contribution is 2.18. The van der Waals surface area contributed by atoms with Gasteiger partial charge in [-0.05, 0) is 43.6 Å². The molecule has 0 aliphatic carbocycles. The Hall–Kier alpha value is -1.10. The summed E-state index contributed by atoms with van der Waals surface area (Å²) >= 11 is 0. The van der Waals surface area contributed by atoms with Gasteiger partial charge in [0.1, 0.15) is 11.9 Å². The van der Waals surface area contributed by atoms with Gasteiger partial charge in [0.2, 0.25) is 0 Å². The second kappa shape index (κ2) is 8.15. The first-order valence-corrected chi connectivity index (χ1v) is 6.91. The molecule has 0 aromatic heterocycles. The molecule has 1 N–H and O–H groups in total. The van der Waals surface area contributed by atoms with Crippen molar-refractivity contribution in [2.45, 2.75) is 25.6 Å². The number of nitrogens with one attached hydrogen (secondary N) is 1. The van der Waals surface area contributed by atoms with E-state index in [0.717, 1.165) is 37.2 Å². The van der Waals surface area contributed by atoms with Crippen LogP contribution in [0.2, 0.25) is 0 Å². The summed E-state index contributed by atoms with van der Waals surface area (Å²) in [6.07, 6.45) is 2.49. The first-order valence-electron chi connectivity index (χ1n) is 6.91. The van der Waals surface area contributed by atoms with E-state index in [1.54, 1.807) is 7.11 Å². The molecule has 0 atom stereocenters. The van der Waals surface area contributed by atoms with Gasteiger partial charge >= 0.3 is 0 Å². The summed E-state index contributed by atoms with van der Waals surface area (Å²) in [5, 5.41) is 3.34. The molecule has 0 spiro atoms. The normalized spacial score (nSPS) is 16.5.